The Balaban J connectivity index is 1.19. The molecule has 2 amide bonds. The Labute approximate surface area is 282 Å². The summed E-state index contributed by atoms with van der Waals surface area (Å²) >= 11 is 0. The van der Waals surface area contributed by atoms with Crippen LogP contribution in [0.4, 0.5) is 0 Å². The summed E-state index contributed by atoms with van der Waals surface area (Å²) in [6, 6.07) is 15.6. The number of carbonyl (C=O) groups is 2. The van der Waals surface area contributed by atoms with Gasteiger partial charge >= 0.3 is 0 Å². The largest absolute Gasteiger partial charge is 0.271 e. The SMILES string of the molecule is Cc1cc(/C=N/NC(=O)c2cccc(S(=O)(=O)N3CCCCC3)c2)c(C)cc1/C=N/NC(=O)c1cccc(S(=O)(=O)N2CCCCC2)c1. The lowest BCUT2D eigenvalue weighted by Gasteiger charge is -2.25. The van der Waals surface area contributed by atoms with Crippen molar-refractivity contribution in [2.24, 2.45) is 10.2 Å². The number of sulfonamides is 2. The van der Waals surface area contributed by atoms with Crippen LogP contribution in [0.3, 0.4) is 0 Å². The third kappa shape index (κ3) is 8.24. The summed E-state index contributed by atoms with van der Waals surface area (Å²) in [5, 5.41) is 8.17. The third-order valence-electron chi connectivity index (χ3n) is 8.49. The zero-order valence-corrected chi connectivity index (χ0v) is 28.7. The van der Waals surface area contributed by atoms with Crippen molar-refractivity contribution in [3.8, 4) is 0 Å². The first kappa shape index (κ1) is 35.1. The van der Waals surface area contributed by atoms with Crippen molar-refractivity contribution in [1.82, 2.24) is 19.5 Å². The van der Waals surface area contributed by atoms with Gasteiger partial charge in [-0.05, 0) is 110 Å². The molecule has 2 aliphatic rings. The van der Waals surface area contributed by atoms with Crippen LogP contribution in [0.2, 0.25) is 0 Å². The summed E-state index contributed by atoms with van der Waals surface area (Å²) in [6.07, 6.45) is 8.30. The second-order valence-corrected chi connectivity index (χ2v) is 15.8. The van der Waals surface area contributed by atoms with E-state index < -0.39 is 31.9 Å². The molecule has 0 aliphatic carbocycles. The van der Waals surface area contributed by atoms with Gasteiger partial charge in [-0.1, -0.05) is 25.0 Å². The molecule has 5 rings (SSSR count). The third-order valence-corrected chi connectivity index (χ3v) is 12.3. The molecule has 3 aromatic carbocycles. The van der Waals surface area contributed by atoms with Crippen molar-refractivity contribution in [2.75, 3.05) is 26.2 Å². The van der Waals surface area contributed by atoms with Crippen LogP contribution in [0.1, 0.15) is 81.5 Å². The number of carbonyl (C=O) groups excluding carboxylic acids is 2. The Morgan fingerprint density at radius 2 is 0.979 bits per heavy atom. The maximum Gasteiger partial charge on any atom is 0.271 e. The van der Waals surface area contributed by atoms with E-state index in [1.807, 2.05) is 26.0 Å². The van der Waals surface area contributed by atoms with E-state index in [0.717, 1.165) is 60.8 Å². The molecule has 254 valence electrons. The monoisotopic (exact) mass is 692 g/mol. The average molecular weight is 693 g/mol. The number of rotatable bonds is 10. The summed E-state index contributed by atoms with van der Waals surface area (Å²) in [7, 11) is -7.35. The van der Waals surface area contributed by atoms with E-state index in [-0.39, 0.29) is 20.9 Å². The number of hydrazone groups is 2. The lowest BCUT2D eigenvalue weighted by molar-refractivity contribution is 0.0947. The van der Waals surface area contributed by atoms with Gasteiger partial charge in [-0.25, -0.2) is 27.7 Å². The summed E-state index contributed by atoms with van der Waals surface area (Å²) in [5.74, 6) is -1.07. The lowest BCUT2D eigenvalue weighted by atomic mass is 10.0. The van der Waals surface area contributed by atoms with Crippen molar-refractivity contribution in [3.63, 3.8) is 0 Å². The predicted molar refractivity (Wildman–Crippen MR) is 184 cm³/mol. The van der Waals surface area contributed by atoms with E-state index in [1.54, 1.807) is 12.1 Å². The molecule has 2 N–H and O–H groups in total. The number of hydrogen-bond acceptors (Lipinski definition) is 8. The number of nitrogens with zero attached hydrogens (tertiary/aromatic N) is 4. The van der Waals surface area contributed by atoms with E-state index in [1.165, 1.54) is 57.4 Å². The van der Waals surface area contributed by atoms with Crippen LogP contribution in [-0.2, 0) is 20.0 Å². The highest BCUT2D eigenvalue weighted by Crippen LogP contribution is 2.23. The number of benzene rings is 3. The minimum absolute atomic E-state index is 0.0789. The molecule has 0 bridgehead atoms. The Morgan fingerprint density at radius 1 is 0.604 bits per heavy atom. The molecular weight excluding hydrogens is 653 g/mol. The minimum atomic E-state index is -3.68. The van der Waals surface area contributed by atoms with Gasteiger partial charge in [-0.2, -0.15) is 18.8 Å². The van der Waals surface area contributed by atoms with Crippen molar-refractivity contribution in [3.05, 3.63) is 94.0 Å². The molecular formula is C34H40N6O6S2. The Hall–Kier alpha value is -4.24. The van der Waals surface area contributed by atoms with Gasteiger partial charge in [0.25, 0.3) is 11.8 Å². The standard InChI is InChI=1S/C34H40N6O6S2/c1-25-19-30(24-36-38-34(42)28-12-10-14-32(22-28)48(45,46)40-17-7-4-8-18-40)26(2)20-29(25)23-35-37-33(41)27-11-9-13-31(21-27)47(43,44)39-15-5-3-6-16-39/h9-14,19-24H,3-8,15-18H2,1-2H3,(H,37,41)(H,38,42)/b35-23+,36-24+. The summed E-state index contributed by atoms with van der Waals surface area (Å²) in [4.78, 5) is 25.7. The second-order valence-electron chi connectivity index (χ2n) is 11.9. The van der Waals surface area contributed by atoms with Gasteiger partial charge in [0.05, 0.1) is 22.2 Å². The minimum Gasteiger partial charge on any atom is -0.267 e. The summed E-state index contributed by atoms with van der Waals surface area (Å²) in [6.45, 7) is 5.63. The number of piperidine rings is 2. The van der Waals surface area contributed by atoms with E-state index in [4.69, 9.17) is 0 Å². The van der Waals surface area contributed by atoms with Gasteiger partial charge in [-0.3, -0.25) is 9.59 Å². The molecule has 2 aliphatic heterocycles. The molecule has 0 radical (unpaired) electrons. The molecule has 0 unspecified atom stereocenters. The van der Waals surface area contributed by atoms with E-state index >= 15 is 0 Å². The second kappa shape index (κ2) is 15.3. The molecule has 0 aromatic heterocycles. The lowest BCUT2D eigenvalue weighted by Crippen LogP contribution is -2.35. The first-order valence-electron chi connectivity index (χ1n) is 16.0. The molecule has 0 atom stereocenters. The highest BCUT2D eigenvalue weighted by atomic mass is 32.2. The summed E-state index contributed by atoms with van der Waals surface area (Å²) < 4.78 is 55.0. The summed E-state index contributed by atoms with van der Waals surface area (Å²) in [5.41, 5.74) is 8.44. The quantitative estimate of drug-likeness (QED) is 0.240. The molecule has 14 heteroatoms. The highest BCUT2D eigenvalue weighted by Gasteiger charge is 2.27. The number of aryl methyl sites for hydroxylation is 2. The van der Waals surface area contributed by atoms with Crippen LogP contribution in [0.5, 0.6) is 0 Å². The van der Waals surface area contributed by atoms with Gasteiger partial charge in [0, 0.05) is 37.3 Å². The maximum absolute atomic E-state index is 13.0. The van der Waals surface area contributed by atoms with Crippen LogP contribution < -0.4 is 10.9 Å². The van der Waals surface area contributed by atoms with E-state index in [0.29, 0.717) is 26.2 Å². The Morgan fingerprint density at radius 3 is 1.35 bits per heavy atom. The Kier molecular flexibility index (Phi) is 11.2. The predicted octanol–water partition coefficient (Wildman–Crippen LogP) is 4.18. The van der Waals surface area contributed by atoms with Gasteiger partial charge < -0.3 is 0 Å². The van der Waals surface area contributed by atoms with Crippen LogP contribution in [-0.4, -0.2) is 75.9 Å². The number of hydrogen-bond donors (Lipinski definition) is 2. The number of amides is 2. The van der Waals surface area contributed by atoms with Crippen molar-refractivity contribution < 1.29 is 26.4 Å². The number of nitrogens with one attached hydrogen (secondary N) is 2. The van der Waals surface area contributed by atoms with Gasteiger partial charge in [0.2, 0.25) is 20.0 Å². The highest BCUT2D eigenvalue weighted by molar-refractivity contribution is 7.89. The van der Waals surface area contributed by atoms with Crippen LogP contribution >= 0.6 is 0 Å². The first-order valence-corrected chi connectivity index (χ1v) is 18.8. The topological polar surface area (TPSA) is 158 Å². The van der Waals surface area contributed by atoms with Gasteiger partial charge in [0.1, 0.15) is 0 Å². The average Bonchev–Trinajstić information content (AvgIpc) is 3.10. The molecule has 2 saturated heterocycles. The Bertz CT molecular complexity index is 1810. The fourth-order valence-corrected chi connectivity index (χ4v) is 8.82. The zero-order valence-electron chi connectivity index (χ0n) is 27.1. The fraction of sp³-hybridized carbons (Fsp3) is 0.353. The van der Waals surface area contributed by atoms with Gasteiger partial charge in [0.15, 0.2) is 0 Å². The van der Waals surface area contributed by atoms with Crippen molar-refractivity contribution >= 4 is 44.3 Å². The van der Waals surface area contributed by atoms with Crippen LogP contribution in [0.25, 0.3) is 0 Å². The normalized spacial score (nSPS) is 16.7. The molecule has 12 nitrogen and oxygen atoms in total. The zero-order chi connectivity index (χ0) is 34.3. The fourth-order valence-electron chi connectivity index (χ4n) is 5.69. The molecule has 2 heterocycles. The van der Waals surface area contributed by atoms with Crippen LogP contribution in [0.15, 0.2) is 80.7 Å². The van der Waals surface area contributed by atoms with Gasteiger partial charge in [-0.15, -0.1) is 0 Å². The molecule has 2 fully saturated rings. The molecule has 48 heavy (non-hydrogen) atoms. The maximum atomic E-state index is 13.0. The van der Waals surface area contributed by atoms with Crippen LogP contribution in [0, 0.1) is 13.8 Å². The smallest absolute Gasteiger partial charge is 0.267 e. The van der Waals surface area contributed by atoms with E-state index in [2.05, 4.69) is 21.1 Å². The molecule has 0 saturated carbocycles. The first-order chi connectivity index (χ1) is 23.0. The van der Waals surface area contributed by atoms with E-state index in [9.17, 15) is 26.4 Å². The molecule has 0 spiro atoms. The van der Waals surface area contributed by atoms with Crippen molar-refractivity contribution in [2.45, 2.75) is 62.2 Å². The molecule has 3 aromatic rings. The van der Waals surface area contributed by atoms with Crippen molar-refractivity contribution in [1.29, 1.82) is 0 Å².